The number of carboxylic acids is 1. The maximum absolute atomic E-state index is 9.34. The van der Waals surface area contributed by atoms with Crippen molar-refractivity contribution in [2.75, 3.05) is 0 Å². The molecule has 0 aromatic carbocycles. The summed E-state index contributed by atoms with van der Waals surface area (Å²) < 4.78 is 0. The summed E-state index contributed by atoms with van der Waals surface area (Å²) in [6.07, 6.45) is -1.34. The molecule has 9 N–H and O–H groups in total. The van der Waals surface area contributed by atoms with Gasteiger partial charge in [0.1, 0.15) is 0 Å². The molecule has 0 bridgehead atoms. The molecule has 10 heavy (non-hydrogen) atoms. The molecule has 1 atom stereocenters. The molecule has 0 spiro atoms. The van der Waals surface area contributed by atoms with Crippen LogP contribution < -0.4 is 11.3 Å². The van der Waals surface area contributed by atoms with Crippen LogP contribution in [0.1, 0.15) is 6.92 Å². The van der Waals surface area contributed by atoms with Gasteiger partial charge in [0.05, 0.1) is 12.1 Å². The van der Waals surface area contributed by atoms with Crippen LogP contribution >= 0.6 is 0 Å². The van der Waals surface area contributed by atoms with Gasteiger partial charge in [-0.25, -0.2) is 0 Å². The summed E-state index contributed by atoms with van der Waals surface area (Å²) >= 11 is 0. The van der Waals surface area contributed by atoms with Crippen molar-refractivity contribution >= 4 is 43.7 Å². The van der Waals surface area contributed by atoms with Crippen molar-refractivity contribution in [2.24, 2.45) is 0 Å². The number of carboxylic acid groups (broad SMARTS) is 1. The summed E-state index contributed by atoms with van der Waals surface area (Å²) in [4.78, 5) is 9.34. The Morgan fingerprint density at radius 2 is 1.60 bits per heavy atom. The van der Waals surface area contributed by atoms with Gasteiger partial charge in [0.15, 0.2) is 0 Å². The average molecular weight is 183 g/mol. The van der Waals surface area contributed by atoms with E-state index < -0.39 is 12.1 Å². The minimum absolute atomic E-state index is 0. The number of hydrogen-bond acceptors (Lipinski definition) is 3. The molecule has 0 aliphatic rings. The zero-order valence-electron chi connectivity index (χ0n) is 6.05. The summed E-state index contributed by atoms with van der Waals surface area (Å²) in [5, 5.41) is 17.3. The zero-order chi connectivity index (χ0) is 5.15. The van der Waals surface area contributed by atoms with E-state index in [1.165, 1.54) is 0 Å². The number of aliphatic carboxylic acids is 1. The number of hydrogen-bond donors (Lipinski definition) is 2. The summed E-state index contributed by atoms with van der Waals surface area (Å²) in [5.41, 5.74) is 0. The molecule has 0 saturated heterocycles. The van der Waals surface area contributed by atoms with E-state index in [4.69, 9.17) is 5.11 Å². The summed E-state index contributed by atoms with van der Waals surface area (Å²) in [5.74, 6) is -1.44. The topological polar surface area (TPSA) is 160 Å². The van der Waals surface area contributed by atoms with Crippen LogP contribution in [0.3, 0.4) is 0 Å². The number of quaternary nitrogens is 1. The second kappa shape index (κ2) is 16.3. The maximum Gasteiger partial charge on any atom is 2.00 e. The van der Waals surface area contributed by atoms with Crippen molar-refractivity contribution in [3.05, 3.63) is 0 Å². The Labute approximate surface area is 88.4 Å². The molecule has 0 rings (SSSR count). The van der Waals surface area contributed by atoms with Crippen LogP contribution in [0, 0.1) is 0 Å². The molecule has 0 aromatic heterocycles. The SMILES string of the molecule is CC(O)C(=O)[O-].O.O.[Ca+2].[NH4+]. The predicted molar refractivity (Wildman–Crippen MR) is 35.7 cm³/mol. The maximum atomic E-state index is 9.34. The Kier molecular flexibility index (Phi) is 50.8. The average Bonchev–Trinajstić information content (AvgIpc) is 1.36. The Hall–Kier alpha value is 0.570. The molecule has 0 heterocycles. The number of aliphatic hydroxyl groups excluding tert-OH is 1. The Morgan fingerprint density at radius 1 is 1.50 bits per heavy atom. The van der Waals surface area contributed by atoms with E-state index in [0.29, 0.717) is 0 Å². The van der Waals surface area contributed by atoms with Crippen molar-refractivity contribution in [1.29, 1.82) is 0 Å². The van der Waals surface area contributed by atoms with Gasteiger partial charge in [-0.15, -0.1) is 0 Å². The van der Waals surface area contributed by atoms with E-state index in [0.717, 1.165) is 6.92 Å². The normalized spacial score (nSPS) is 8.20. The fourth-order valence-corrected chi connectivity index (χ4v) is 0. The molecule has 0 radical (unpaired) electrons. The zero-order valence-corrected chi connectivity index (χ0v) is 8.26. The van der Waals surface area contributed by atoms with Crippen molar-refractivity contribution in [1.82, 2.24) is 6.15 Å². The number of carbonyl (C=O) groups excluding carboxylic acids is 1. The molecule has 7 heteroatoms. The third-order valence-corrected chi connectivity index (χ3v) is 0.341. The second-order valence-electron chi connectivity index (χ2n) is 0.995. The van der Waals surface area contributed by atoms with Crippen LogP contribution in [-0.4, -0.2) is 65.9 Å². The van der Waals surface area contributed by atoms with Gasteiger partial charge in [-0.3, -0.25) is 0 Å². The van der Waals surface area contributed by atoms with Gasteiger partial charge < -0.3 is 32.1 Å². The quantitative estimate of drug-likeness (QED) is 0.403. The third kappa shape index (κ3) is 23.5. The predicted octanol–water partition coefficient (Wildman–Crippen LogP) is -3.54. The summed E-state index contributed by atoms with van der Waals surface area (Å²) in [7, 11) is 0. The number of rotatable bonds is 1. The summed E-state index contributed by atoms with van der Waals surface area (Å²) in [6, 6.07) is 0. The number of aliphatic hydroxyl groups is 1. The molecular weight excluding hydrogens is 170 g/mol. The van der Waals surface area contributed by atoms with Gasteiger partial charge in [0, 0.05) is 0 Å². The van der Waals surface area contributed by atoms with Gasteiger partial charge in [0.25, 0.3) is 0 Å². The fraction of sp³-hybridized carbons (Fsp3) is 0.667. The first kappa shape index (κ1) is 31.2. The first-order chi connectivity index (χ1) is 2.64. The molecule has 0 amide bonds. The van der Waals surface area contributed by atoms with Crippen molar-refractivity contribution in [2.45, 2.75) is 13.0 Å². The van der Waals surface area contributed by atoms with Crippen molar-refractivity contribution in [3.63, 3.8) is 0 Å². The van der Waals surface area contributed by atoms with Crippen LogP contribution in [0.2, 0.25) is 0 Å². The summed E-state index contributed by atoms with van der Waals surface area (Å²) in [6.45, 7) is 1.13. The van der Waals surface area contributed by atoms with Crippen molar-refractivity contribution in [3.8, 4) is 0 Å². The van der Waals surface area contributed by atoms with E-state index in [9.17, 15) is 9.90 Å². The molecule has 0 fully saturated rings. The third-order valence-electron chi connectivity index (χ3n) is 0.341. The van der Waals surface area contributed by atoms with E-state index in [-0.39, 0.29) is 54.8 Å². The molecular formula is C3H13CaNO5+2. The molecule has 6 nitrogen and oxygen atoms in total. The molecule has 60 valence electrons. The first-order valence-corrected chi connectivity index (χ1v) is 1.53. The van der Waals surface area contributed by atoms with Crippen molar-refractivity contribution < 1.29 is 26.0 Å². The first-order valence-electron chi connectivity index (χ1n) is 1.53. The fourth-order valence-electron chi connectivity index (χ4n) is 0. The van der Waals surface area contributed by atoms with Crippen LogP contribution in [-0.2, 0) is 4.79 Å². The smallest absolute Gasteiger partial charge is 0.547 e. The Balaban J connectivity index is -0.0000000208. The van der Waals surface area contributed by atoms with E-state index in [2.05, 4.69) is 0 Å². The molecule has 1 unspecified atom stereocenters. The van der Waals surface area contributed by atoms with Crippen LogP contribution in [0.15, 0.2) is 0 Å². The van der Waals surface area contributed by atoms with Gasteiger partial charge in [-0.05, 0) is 6.92 Å². The number of carbonyl (C=O) groups is 1. The molecule has 0 saturated carbocycles. The molecule has 0 aromatic rings. The largest absolute Gasteiger partial charge is 2.00 e. The standard InChI is InChI=1S/C3H6O3.Ca.H3N.2H2O/c1-2(4)3(5)6;;;;/h2,4H,1H3,(H,5,6);;1H3;2*1H2/q;+2;;;. The van der Waals surface area contributed by atoms with Gasteiger partial charge in [-0.2, -0.15) is 0 Å². The van der Waals surface area contributed by atoms with Crippen LogP contribution in [0.25, 0.3) is 0 Å². The molecule has 0 aliphatic carbocycles. The molecule has 0 aliphatic heterocycles. The van der Waals surface area contributed by atoms with E-state index in [1.54, 1.807) is 0 Å². The van der Waals surface area contributed by atoms with Crippen LogP contribution in [0.5, 0.6) is 0 Å². The van der Waals surface area contributed by atoms with Gasteiger partial charge in [-0.1, -0.05) is 0 Å². The van der Waals surface area contributed by atoms with E-state index >= 15 is 0 Å². The van der Waals surface area contributed by atoms with Gasteiger partial charge in [0.2, 0.25) is 0 Å². The minimum Gasteiger partial charge on any atom is -0.547 e. The minimum atomic E-state index is -1.44. The van der Waals surface area contributed by atoms with E-state index in [1.807, 2.05) is 0 Å². The second-order valence-corrected chi connectivity index (χ2v) is 0.995. The Morgan fingerprint density at radius 3 is 1.60 bits per heavy atom. The Bertz CT molecular complexity index is 67.9. The van der Waals surface area contributed by atoms with Crippen LogP contribution in [0.4, 0.5) is 0 Å². The monoisotopic (exact) mass is 183 g/mol. The van der Waals surface area contributed by atoms with Gasteiger partial charge >= 0.3 is 37.7 Å².